The van der Waals surface area contributed by atoms with Crippen molar-refractivity contribution >= 4 is 12.3 Å². The molecule has 0 aliphatic carbocycles. The zero-order valence-electron chi connectivity index (χ0n) is 25.8. The van der Waals surface area contributed by atoms with Gasteiger partial charge >= 0.3 is 12.3 Å². The molecule has 0 amide bonds. The van der Waals surface area contributed by atoms with Gasteiger partial charge in [0.05, 0.1) is 5.69 Å². The van der Waals surface area contributed by atoms with Crippen LogP contribution in [0.25, 0.3) is 11.3 Å². The van der Waals surface area contributed by atoms with Gasteiger partial charge in [0.2, 0.25) is 11.8 Å². The van der Waals surface area contributed by atoms with Gasteiger partial charge in [-0.3, -0.25) is 4.98 Å². The average Bonchev–Trinajstić information content (AvgIpc) is 3.36. The molecule has 4 aromatic rings. The SMILES string of the molecule is CC(C)C.CC(C)C.Fc1cccc(OCc2ccc(Cc3cc(-c4cccnc4)on3)cc2)n1.N.O=C(O)O.O=C(O)O. The van der Waals surface area contributed by atoms with Crippen molar-refractivity contribution in [3.8, 4) is 17.2 Å². The fourth-order valence-corrected chi connectivity index (χ4v) is 2.63. The Labute approximate surface area is 256 Å². The first-order valence-electron chi connectivity index (χ1n) is 13.2. The molecule has 0 aliphatic heterocycles. The van der Waals surface area contributed by atoms with Crippen molar-refractivity contribution in [2.45, 2.75) is 54.6 Å². The van der Waals surface area contributed by atoms with E-state index >= 15 is 0 Å². The fourth-order valence-electron chi connectivity index (χ4n) is 2.63. The maximum Gasteiger partial charge on any atom is 0.503 e. The molecule has 0 bridgehead atoms. The lowest BCUT2D eigenvalue weighted by atomic mass is 10.1. The zero-order valence-corrected chi connectivity index (χ0v) is 25.8. The van der Waals surface area contributed by atoms with Gasteiger partial charge in [0.25, 0.3) is 0 Å². The molecule has 4 rings (SSSR count). The smallest absolute Gasteiger partial charge is 0.473 e. The summed E-state index contributed by atoms with van der Waals surface area (Å²) in [6, 6.07) is 18.1. The van der Waals surface area contributed by atoms with Gasteiger partial charge in [-0.2, -0.15) is 9.37 Å². The van der Waals surface area contributed by atoms with Crippen LogP contribution in [-0.4, -0.2) is 47.9 Å². The van der Waals surface area contributed by atoms with Crippen molar-refractivity contribution in [3.05, 3.63) is 95.8 Å². The third-order valence-corrected chi connectivity index (χ3v) is 3.99. The molecule has 3 aromatic heterocycles. The van der Waals surface area contributed by atoms with E-state index in [4.69, 9.17) is 39.3 Å². The number of aromatic nitrogens is 3. The number of nitrogens with zero attached hydrogens (tertiary/aromatic N) is 3. The van der Waals surface area contributed by atoms with Crippen LogP contribution in [0.1, 0.15) is 58.4 Å². The van der Waals surface area contributed by atoms with Gasteiger partial charge in [0.15, 0.2) is 5.76 Å². The predicted molar refractivity (Wildman–Crippen MR) is 165 cm³/mol. The molecule has 3 heterocycles. The van der Waals surface area contributed by atoms with Gasteiger partial charge < -0.3 is 35.8 Å². The monoisotopic (exact) mass is 618 g/mol. The Morgan fingerprint density at radius 3 is 1.84 bits per heavy atom. The van der Waals surface area contributed by atoms with Gasteiger partial charge in [-0.1, -0.05) is 77.0 Å². The van der Waals surface area contributed by atoms with Crippen LogP contribution in [0.2, 0.25) is 0 Å². The van der Waals surface area contributed by atoms with Crippen LogP contribution in [0, 0.1) is 17.8 Å². The van der Waals surface area contributed by atoms with Crippen molar-refractivity contribution in [1.29, 1.82) is 0 Å². The topological polar surface area (TPSA) is 211 Å². The van der Waals surface area contributed by atoms with Crippen LogP contribution in [0.15, 0.2) is 77.6 Å². The van der Waals surface area contributed by atoms with Gasteiger partial charge in [-0.25, -0.2) is 9.59 Å². The van der Waals surface area contributed by atoms with Gasteiger partial charge in [0.1, 0.15) is 6.61 Å². The lowest BCUT2D eigenvalue weighted by Crippen LogP contribution is -1.98. The molecule has 0 saturated heterocycles. The summed E-state index contributed by atoms with van der Waals surface area (Å²) >= 11 is 0. The molecular weight excluding hydrogens is 575 g/mol. The Balaban J connectivity index is 0. The lowest BCUT2D eigenvalue weighted by Gasteiger charge is -2.06. The Kier molecular flexibility index (Phi) is 22.0. The molecule has 0 fully saturated rings. The third kappa shape index (κ3) is 23.6. The lowest BCUT2D eigenvalue weighted by molar-refractivity contribution is 0.135. The van der Waals surface area contributed by atoms with Gasteiger partial charge in [-0.05, 0) is 41.2 Å². The van der Waals surface area contributed by atoms with E-state index in [0.717, 1.165) is 34.2 Å². The number of rotatable bonds is 6. The minimum Gasteiger partial charge on any atom is -0.473 e. The first-order chi connectivity index (χ1) is 20.2. The summed E-state index contributed by atoms with van der Waals surface area (Å²) in [6.45, 7) is 13.3. The first-order valence-corrected chi connectivity index (χ1v) is 13.2. The van der Waals surface area contributed by atoms with Gasteiger partial charge in [0, 0.05) is 36.5 Å². The molecule has 0 spiro atoms. The number of benzene rings is 1. The highest BCUT2D eigenvalue weighted by molar-refractivity contribution is 5.55. The summed E-state index contributed by atoms with van der Waals surface area (Å²) in [5, 5.41) is 32.0. The number of ether oxygens (including phenoxy) is 1. The van der Waals surface area contributed by atoms with Gasteiger partial charge in [-0.15, -0.1) is 0 Å². The molecule has 13 heteroatoms. The molecule has 0 unspecified atom stereocenters. The van der Waals surface area contributed by atoms with Crippen LogP contribution in [0.4, 0.5) is 14.0 Å². The molecule has 12 nitrogen and oxygen atoms in total. The van der Waals surface area contributed by atoms with Crippen molar-refractivity contribution < 1.29 is 43.7 Å². The van der Waals surface area contributed by atoms with E-state index in [-0.39, 0.29) is 12.0 Å². The number of pyridine rings is 2. The van der Waals surface area contributed by atoms with Crippen LogP contribution in [-0.2, 0) is 13.0 Å². The van der Waals surface area contributed by atoms with Crippen molar-refractivity contribution in [1.82, 2.24) is 21.3 Å². The van der Waals surface area contributed by atoms with E-state index in [0.29, 0.717) is 18.8 Å². The summed E-state index contributed by atoms with van der Waals surface area (Å²) in [7, 11) is 0. The number of hydrogen-bond acceptors (Lipinski definition) is 8. The normalized spacial score (nSPS) is 9.30. The fraction of sp³-hybridized carbons (Fsp3) is 0.323. The molecule has 0 atom stereocenters. The number of halogens is 1. The summed E-state index contributed by atoms with van der Waals surface area (Å²) < 4.78 is 24.0. The van der Waals surface area contributed by atoms with Crippen LogP contribution >= 0.6 is 0 Å². The molecule has 0 radical (unpaired) electrons. The standard InChI is InChI=1S/C21H16FN3O2.2C4H10.2CH2O3.H3N/c22-20-4-1-5-21(24-20)26-14-16-8-6-15(7-9-16)11-18-12-19(27-25-18)17-3-2-10-23-13-17;2*1-4(2)3;2*2-1(3)4;/h1-10,12-13H,11,14H2;2*4H,1-3H3;2*(H2,2,3,4);1H3. The van der Waals surface area contributed by atoms with Crippen LogP contribution < -0.4 is 10.9 Å². The van der Waals surface area contributed by atoms with E-state index in [1.165, 1.54) is 6.07 Å². The Hall–Kier alpha value is -5.04. The summed E-state index contributed by atoms with van der Waals surface area (Å²) in [4.78, 5) is 24.9. The molecule has 0 aliphatic rings. The Morgan fingerprint density at radius 1 is 0.841 bits per heavy atom. The highest BCUT2D eigenvalue weighted by Crippen LogP contribution is 2.20. The quantitative estimate of drug-likeness (QED) is 0.129. The number of carbonyl (C=O) groups is 2. The van der Waals surface area contributed by atoms with Crippen molar-refractivity contribution in [3.63, 3.8) is 0 Å². The molecule has 44 heavy (non-hydrogen) atoms. The minimum atomic E-state index is -1.83. The van der Waals surface area contributed by atoms with Crippen molar-refractivity contribution in [2.24, 2.45) is 11.8 Å². The maximum atomic E-state index is 13.1. The predicted octanol–water partition coefficient (Wildman–Crippen LogP) is 8.37. The molecule has 242 valence electrons. The van der Waals surface area contributed by atoms with E-state index in [2.05, 4.69) is 56.7 Å². The summed E-state index contributed by atoms with van der Waals surface area (Å²) in [5.74, 6) is 2.08. The maximum absolute atomic E-state index is 13.1. The van der Waals surface area contributed by atoms with E-state index < -0.39 is 18.3 Å². The second-order valence-electron chi connectivity index (χ2n) is 10.0. The Morgan fingerprint density at radius 2 is 1.36 bits per heavy atom. The third-order valence-electron chi connectivity index (χ3n) is 3.99. The molecule has 1 aromatic carbocycles. The second-order valence-corrected chi connectivity index (χ2v) is 10.0. The van der Waals surface area contributed by atoms with Crippen LogP contribution in [0.5, 0.6) is 5.88 Å². The highest BCUT2D eigenvalue weighted by Gasteiger charge is 2.08. The summed E-state index contributed by atoms with van der Waals surface area (Å²) in [5.41, 5.74) is 3.83. The van der Waals surface area contributed by atoms with Crippen molar-refractivity contribution in [2.75, 3.05) is 0 Å². The first kappa shape index (κ1) is 41.1. The van der Waals surface area contributed by atoms with E-state index in [9.17, 15) is 4.39 Å². The van der Waals surface area contributed by atoms with E-state index in [1.807, 2.05) is 42.5 Å². The van der Waals surface area contributed by atoms with Crippen LogP contribution in [0.3, 0.4) is 0 Å². The average molecular weight is 619 g/mol. The summed E-state index contributed by atoms with van der Waals surface area (Å²) in [6.07, 6.45) is 0.458. The van der Waals surface area contributed by atoms with E-state index in [1.54, 1.807) is 24.5 Å². The highest BCUT2D eigenvalue weighted by atomic mass is 19.1. The zero-order chi connectivity index (χ0) is 32.8. The molecular formula is C31H43FN4O8. The molecule has 0 saturated carbocycles. The molecule has 7 N–H and O–H groups in total. The number of carboxylic acid groups (broad SMARTS) is 4. The minimum absolute atomic E-state index is 0. The Bertz CT molecular complexity index is 1290. The second kappa shape index (κ2) is 23.5. The number of hydrogen-bond donors (Lipinski definition) is 5. The largest absolute Gasteiger partial charge is 0.503 e.